The van der Waals surface area contributed by atoms with E-state index in [9.17, 15) is 40.9 Å². The van der Waals surface area contributed by atoms with Gasteiger partial charge in [-0.1, -0.05) is 230 Å². The molecule has 0 spiro atoms. The second-order valence-electron chi connectivity index (χ2n) is 36.4. The summed E-state index contributed by atoms with van der Waals surface area (Å²) in [5.41, 5.74) is 2.25. The lowest BCUT2D eigenvalue weighted by atomic mass is 9.66. The summed E-state index contributed by atoms with van der Waals surface area (Å²) < 4.78 is 0. The van der Waals surface area contributed by atoms with Gasteiger partial charge < -0.3 is 40.9 Å². The first-order chi connectivity index (χ1) is 40.5. The maximum absolute atomic E-state index is 9.90. The van der Waals surface area contributed by atoms with Gasteiger partial charge in [0.2, 0.25) is 0 Å². The molecule has 0 aromatic carbocycles. The molecule has 8 fully saturated rings. The van der Waals surface area contributed by atoms with Crippen molar-refractivity contribution in [2.45, 2.75) is 420 Å². The van der Waals surface area contributed by atoms with Crippen molar-refractivity contribution in [2.24, 2.45) is 90.7 Å². The Morgan fingerprint density at radius 1 is 0.284 bits per heavy atom. The molecule has 0 amide bonds. The topological polar surface area (TPSA) is 162 Å². The normalized spacial score (nSPS) is 37.1. The molecule has 88 heavy (non-hydrogen) atoms. The largest absolute Gasteiger partial charge is 0.393 e. The Hall–Kier alpha value is -0.320. The monoisotopic (exact) mass is 1250 g/mol. The van der Waals surface area contributed by atoms with E-state index in [1.165, 1.54) is 128 Å². The van der Waals surface area contributed by atoms with Gasteiger partial charge in [-0.15, -0.1) is 0 Å². The predicted octanol–water partition coefficient (Wildman–Crippen LogP) is 20.7. The molecule has 8 N–H and O–H groups in total. The fourth-order valence-corrected chi connectivity index (χ4v) is 17.6. The highest BCUT2D eigenvalue weighted by atomic mass is 16.3. The molecular formula is C80H160O8. The maximum Gasteiger partial charge on any atom is 0.0619 e. The number of hydrogen-bond donors (Lipinski definition) is 8. The Morgan fingerprint density at radius 3 is 1.31 bits per heavy atom. The molecule has 0 aromatic rings. The molecule has 0 radical (unpaired) electrons. The number of hydrogen-bond acceptors (Lipinski definition) is 8. The van der Waals surface area contributed by atoms with Crippen molar-refractivity contribution in [1.29, 1.82) is 0 Å². The van der Waals surface area contributed by atoms with Gasteiger partial charge in [0.25, 0.3) is 0 Å². The Kier molecular flexibility index (Phi) is 38.0. The van der Waals surface area contributed by atoms with E-state index in [1.54, 1.807) is 0 Å². The fraction of sp³-hybridized carbons (Fsp3) is 1.00. The average Bonchev–Trinajstić information content (AvgIpc) is 2.99. The molecule has 528 valence electrons. The van der Waals surface area contributed by atoms with Crippen LogP contribution in [0.1, 0.15) is 372 Å². The van der Waals surface area contributed by atoms with Crippen LogP contribution in [0.25, 0.3) is 0 Å². The van der Waals surface area contributed by atoms with Crippen LogP contribution in [-0.2, 0) is 0 Å². The summed E-state index contributed by atoms with van der Waals surface area (Å²) in [5.74, 6) is 5.80. The molecule has 16 atom stereocenters. The van der Waals surface area contributed by atoms with Crippen LogP contribution in [-0.4, -0.2) is 89.7 Å². The van der Waals surface area contributed by atoms with E-state index in [0.29, 0.717) is 33.5 Å². The smallest absolute Gasteiger partial charge is 0.0619 e. The molecule has 8 aliphatic carbocycles. The van der Waals surface area contributed by atoms with Gasteiger partial charge in [-0.05, 0) is 232 Å². The van der Waals surface area contributed by atoms with Crippen LogP contribution in [0.15, 0.2) is 0 Å². The van der Waals surface area contributed by atoms with Gasteiger partial charge in [0.15, 0.2) is 0 Å². The summed E-state index contributed by atoms with van der Waals surface area (Å²) in [6, 6.07) is 0. The Balaban J connectivity index is 0.000000503. The Bertz CT molecular complexity index is 1790. The lowest BCUT2D eigenvalue weighted by Gasteiger charge is -2.42. The van der Waals surface area contributed by atoms with E-state index in [1.807, 2.05) is 0 Å². The van der Waals surface area contributed by atoms with E-state index in [-0.39, 0.29) is 70.5 Å². The van der Waals surface area contributed by atoms with Crippen molar-refractivity contribution in [1.82, 2.24) is 0 Å². The van der Waals surface area contributed by atoms with Crippen molar-refractivity contribution in [3.05, 3.63) is 0 Å². The van der Waals surface area contributed by atoms with E-state index in [4.69, 9.17) is 0 Å². The zero-order valence-electron chi connectivity index (χ0n) is 63.4. The van der Waals surface area contributed by atoms with Crippen molar-refractivity contribution in [3.63, 3.8) is 0 Å². The third kappa shape index (κ3) is 29.8. The molecule has 0 saturated heterocycles. The third-order valence-corrected chi connectivity index (χ3v) is 25.3. The molecule has 0 aromatic heterocycles. The minimum Gasteiger partial charge on any atom is -0.393 e. The molecule has 8 saturated carbocycles. The van der Waals surface area contributed by atoms with Crippen LogP contribution in [0.5, 0.6) is 0 Å². The second kappa shape index (κ2) is 39.0. The molecule has 16 unspecified atom stereocenters. The van der Waals surface area contributed by atoms with Crippen molar-refractivity contribution in [2.75, 3.05) is 0 Å². The SMILES string of the molecule is CCC1CC(O)CC(C)(C)C1.CCC1CC(O)CCC1(C)C.CCC1CCC(C)(C)C(O)C1.CCC1CCC(C)(C)CC1O.CCC1CCC(O)C(C)(C)C1.CCC1CCC(O)CC1(C)C.CCC1CCCC(C)(C)C1O.CCC1CCCC(O)C1(C)C. The van der Waals surface area contributed by atoms with E-state index < -0.39 is 0 Å². The molecule has 8 aliphatic rings. The first-order valence-corrected chi connectivity index (χ1v) is 37.9. The molecule has 0 heterocycles. The summed E-state index contributed by atoms with van der Waals surface area (Å²) in [6.07, 6.45) is 36.7. The lowest BCUT2D eigenvalue weighted by molar-refractivity contribution is -0.0332. The van der Waals surface area contributed by atoms with Gasteiger partial charge in [0, 0.05) is 0 Å². The predicted molar refractivity (Wildman–Crippen MR) is 379 cm³/mol. The first kappa shape index (κ1) is 85.7. The summed E-state index contributed by atoms with van der Waals surface area (Å²) in [5, 5.41) is 77.2. The Labute approximate surface area is 549 Å². The maximum atomic E-state index is 9.90. The average molecular weight is 1250 g/mol. The lowest BCUT2D eigenvalue weighted by Crippen LogP contribution is -2.39. The van der Waals surface area contributed by atoms with Gasteiger partial charge in [-0.2, -0.15) is 0 Å². The van der Waals surface area contributed by atoms with Crippen LogP contribution in [0, 0.1) is 90.7 Å². The van der Waals surface area contributed by atoms with Crippen LogP contribution in [0.3, 0.4) is 0 Å². The zero-order chi connectivity index (χ0) is 67.9. The highest BCUT2D eigenvalue weighted by molar-refractivity contribution is 4.92. The summed E-state index contributed by atoms with van der Waals surface area (Å²) in [4.78, 5) is 0. The zero-order valence-corrected chi connectivity index (χ0v) is 63.4. The second-order valence-corrected chi connectivity index (χ2v) is 36.4. The van der Waals surface area contributed by atoms with E-state index in [0.717, 1.165) is 113 Å². The van der Waals surface area contributed by atoms with Crippen molar-refractivity contribution in [3.8, 4) is 0 Å². The van der Waals surface area contributed by atoms with E-state index in [2.05, 4.69) is 166 Å². The number of aliphatic hydroxyl groups is 8. The minimum atomic E-state index is -0.0683. The van der Waals surface area contributed by atoms with Gasteiger partial charge in [0.1, 0.15) is 0 Å². The van der Waals surface area contributed by atoms with Crippen LogP contribution in [0.2, 0.25) is 0 Å². The number of rotatable bonds is 8. The van der Waals surface area contributed by atoms with Crippen LogP contribution in [0.4, 0.5) is 0 Å². The molecule has 0 aliphatic heterocycles. The van der Waals surface area contributed by atoms with Gasteiger partial charge >= 0.3 is 0 Å². The third-order valence-electron chi connectivity index (χ3n) is 25.3. The highest BCUT2D eigenvalue weighted by Gasteiger charge is 2.41. The van der Waals surface area contributed by atoms with Gasteiger partial charge in [-0.25, -0.2) is 0 Å². The molecule has 8 heteroatoms. The Morgan fingerprint density at radius 2 is 0.852 bits per heavy atom. The molecule has 8 nitrogen and oxygen atoms in total. The molecule has 8 rings (SSSR count). The summed E-state index contributed by atoms with van der Waals surface area (Å²) in [7, 11) is 0. The minimum absolute atomic E-state index is 0.0204. The quantitative estimate of drug-likeness (QED) is 0.119. The summed E-state index contributed by atoms with van der Waals surface area (Å²) >= 11 is 0. The van der Waals surface area contributed by atoms with Crippen molar-refractivity contribution < 1.29 is 40.9 Å². The van der Waals surface area contributed by atoms with Gasteiger partial charge in [0.05, 0.1) is 48.8 Å². The first-order valence-electron chi connectivity index (χ1n) is 37.9. The van der Waals surface area contributed by atoms with Crippen LogP contribution < -0.4 is 0 Å². The van der Waals surface area contributed by atoms with E-state index >= 15 is 0 Å². The summed E-state index contributed by atoms with van der Waals surface area (Å²) in [6.45, 7) is 53.4. The molecule has 0 bridgehead atoms. The van der Waals surface area contributed by atoms with Crippen molar-refractivity contribution >= 4 is 0 Å². The van der Waals surface area contributed by atoms with Gasteiger partial charge in [-0.3, -0.25) is 0 Å². The highest BCUT2D eigenvalue weighted by Crippen LogP contribution is 2.47. The van der Waals surface area contributed by atoms with Crippen LogP contribution >= 0.6 is 0 Å². The standard InChI is InChI=1S/8C10H20O/c1-4-8-5-9(11)7-10(2,3)6-8;1-4-8-7-9(11)5-6-10(8,2)3;1-4-8-5-6-10(2,3)7-9(8)11;1-4-8-5-6-9(11)7-10(8,2)3;1-4-8-5-6-10(2,3)9(11)7-8;1-4-8-5-6-9(11)10(2,3)7-8;1-4-8-6-5-7-10(2,3)9(8)11;1-4-8-6-5-7-9(11)10(8,2)3/h8*8-9,11H,4-7H2,1-3H3. The fourth-order valence-electron chi connectivity index (χ4n) is 17.6. The molecular weight excluding hydrogens is 1090 g/mol. The number of aliphatic hydroxyl groups excluding tert-OH is 8.